The number of carbonyl (C=O) groups excluding carboxylic acids is 2. The third-order valence-electron chi connectivity index (χ3n) is 2.32. The van der Waals surface area contributed by atoms with Crippen molar-refractivity contribution in [3.63, 3.8) is 0 Å². The molecule has 18 heavy (non-hydrogen) atoms. The number of ether oxygens (including phenoxy) is 1. The number of carbonyl (C=O) groups is 2. The molecule has 2 rings (SSSR count). The van der Waals surface area contributed by atoms with Gasteiger partial charge in [-0.15, -0.1) is 0 Å². The molecule has 0 unspecified atom stereocenters. The molecule has 1 N–H and O–H groups in total. The third kappa shape index (κ3) is 2.37. The number of nitrogens with one attached hydrogen (secondary N) is 1. The van der Waals surface area contributed by atoms with E-state index >= 15 is 0 Å². The molecule has 6 heteroatoms. The average Bonchev–Trinajstić information content (AvgIpc) is 2.87. The number of benzene rings is 1. The van der Waals surface area contributed by atoms with E-state index in [4.69, 9.17) is 4.52 Å². The Hall–Kier alpha value is -2.63. The highest BCUT2D eigenvalue weighted by Crippen LogP contribution is 2.23. The minimum Gasteiger partial charge on any atom is -0.406 e. The monoisotopic (exact) mass is 246 g/mol. The number of hydrogen-bond donors (Lipinski definition) is 1. The van der Waals surface area contributed by atoms with Gasteiger partial charge in [-0.1, -0.05) is 12.1 Å². The minimum absolute atomic E-state index is 0.0929. The molecule has 0 spiro atoms. The lowest BCUT2D eigenvalue weighted by Crippen LogP contribution is -2.17. The van der Waals surface area contributed by atoms with E-state index in [2.05, 4.69) is 15.2 Å². The van der Waals surface area contributed by atoms with Crippen LogP contribution in [-0.4, -0.2) is 24.6 Å². The number of rotatable bonds is 4. The van der Waals surface area contributed by atoms with Crippen LogP contribution in [-0.2, 0) is 4.79 Å². The van der Waals surface area contributed by atoms with Crippen molar-refractivity contribution >= 4 is 12.4 Å². The lowest BCUT2D eigenvalue weighted by atomic mass is 10.1. The van der Waals surface area contributed by atoms with Gasteiger partial charge < -0.3 is 14.6 Å². The van der Waals surface area contributed by atoms with Crippen LogP contribution in [0, 0.1) is 0 Å². The van der Waals surface area contributed by atoms with Crippen LogP contribution in [0.4, 0.5) is 0 Å². The Bertz CT molecular complexity index is 560. The first-order chi connectivity index (χ1) is 8.74. The lowest BCUT2D eigenvalue weighted by molar-refractivity contribution is -0.121. The number of nitrogens with zero attached hydrogens (tertiary/aromatic N) is 1. The molecule has 0 aliphatic heterocycles. The quantitative estimate of drug-likeness (QED) is 0.821. The van der Waals surface area contributed by atoms with E-state index in [1.807, 2.05) is 0 Å². The zero-order valence-corrected chi connectivity index (χ0v) is 9.54. The number of hydrogen-bond acceptors (Lipinski definition) is 5. The van der Waals surface area contributed by atoms with Gasteiger partial charge >= 0.3 is 0 Å². The van der Waals surface area contributed by atoms with E-state index in [1.165, 1.54) is 6.07 Å². The first-order valence-electron chi connectivity index (χ1n) is 5.14. The van der Waals surface area contributed by atoms with Gasteiger partial charge in [0.2, 0.25) is 0 Å². The van der Waals surface area contributed by atoms with Gasteiger partial charge in [-0.05, 0) is 17.3 Å². The van der Waals surface area contributed by atoms with E-state index in [9.17, 15) is 9.59 Å². The fraction of sp³-hybridized carbons (Fsp3) is 0.0833. The van der Waals surface area contributed by atoms with Crippen LogP contribution < -0.4 is 10.1 Å². The van der Waals surface area contributed by atoms with Gasteiger partial charge in [-0.3, -0.25) is 9.59 Å². The Labute approximate surface area is 103 Å². The highest BCUT2D eigenvalue weighted by atomic mass is 16.6. The summed E-state index contributed by atoms with van der Waals surface area (Å²) in [4.78, 5) is 21.5. The van der Waals surface area contributed by atoms with Gasteiger partial charge in [0.15, 0.2) is 5.76 Å². The molecule has 0 radical (unpaired) electrons. The van der Waals surface area contributed by atoms with Gasteiger partial charge in [-0.2, -0.15) is 0 Å². The predicted molar refractivity (Wildman–Crippen MR) is 62.0 cm³/mol. The predicted octanol–water partition coefficient (Wildman–Crippen LogP) is 1.24. The van der Waals surface area contributed by atoms with Crippen LogP contribution in [0.25, 0.3) is 11.3 Å². The maximum Gasteiger partial charge on any atom is 0.299 e. The highest BCUT2D eigenvalue weighted by Gasteiger charge is 2.08. The maximum absolute atomic E-state index is 11.3. The molecule has 1 aromatic heterocycles. The third-order valence-corrected chi connectivity index (χ3v) is 2.32. The van der Waals surface area contributed by atoms with Crippen molar-refractivity contribution in [2.24, 2.45) is 0 Å². The summed E-state index contributed by atoms with van der Waals surface area (Å²) >= 11 is 0. The molecule has 0 bridgehead atoms. The van der Waals surface area contributed by atoms with Crippen LogP contribution in [0.15, 0.2) is 34.9 Å². The standard InChI is InChI=1S/C12H10N2O4/c1-13-12(16)9-4-2-8(3-5-9)10-6-11(14-18-10)17-7-15/h2-7H,1H3,(H,13,16). The molecular weight excluding hydrogens is 236 g/mol. The topological polar surface area (TPSA) is 81.4 Å². The molecule has 0 atom stereocenters. The molecule has 6 nitrogen and oxygen atoms in total. The van der Waals surface area contributed by atoms with Crippen LogP contribution in [0.3, 0.4) is 0 Å². The van der Waals surface area contributed by atoms with Gasteiger partial charge in [-0.25, -0.2) is 0 Å². The molecule has 0 aliphatic carbocycles. The van der Waals surface area contributed by atoms with Crippen molar-refractivity contribution in [3.8, 4) is 17.2 Å². The molecule has 0 saturated heterocycles. The molecular formula is C12H10N2O4. The second kappa shape index (κ2) is 5.13. The van der Waals surface area contributed by atoms with Crippen molar-refractivity contribution in [2.75, 3.05) is 7.05 Å². The van der Waals surface area contributed by atoms with E-state index in [1.54, 1.807) is 31.3 Å². The average molecular weight is 246 g/mol. The van der Waals surface area contributed by atoms with Gasteiger partial charge in [0.1, 0.15) is 0 Å². The first-order valence-corrected chi connectivity index (χ1v) is 5.14. The molecule has 2 aromatic rings. The highest BCUT2D eigenvalue weighted by molar-refractivity contribution is 5.94. The van der Waals surface area contributed by atoms with Crippen molar-refractivity contribution < 1.29 is 18.8 Å². The summed E-state index contributed by atoms with van der Waals surface area (Å²) in [6.45, 7) is 0.274. The van der Waals surface area contributed by atoms with Gasteiger partial charge in [0, 0.05) is 18.2 Å². The molecule has 0 fully saturated rings. The second-order valence-corrected chi connectivity index (χ2v) is 3.40. The fourth-order valence-corrected chi connectivity index (χ4v) is 1.43. The second-order valence-electron chi connectivity index (χ2n) is 3.40. The summed E-state index contributed by atoms with van der Waals surface area (Å²) in [6, 6.07) is 8.25. The largest absolute Gasteiger partial charge is 0.406 e. The van der Waals surface area contributed by atoms with Gasteiger partial charge in [0.25, 0.3) is 18.3 Å². The fourth-order valence-electron chi connectivity index (χ4n) is 1.43. The maximum atomic E-state index is 11.3. The summed E-state index contributed by atoms with van der Waals surface area (Å²) in [6.07, 6.45) is 0. The minimum atomic E-state index is -0.163. The van der Waals surface area contributed by atoms with E-state index in [0.29, 0.717) is 11.3 Å². The Morgan fingerprint density at radius 3 is 2.72 bits per heavy atom. The van der Waals surface area contributed by atoms with E-state index in [-0.39, 0.29) is 18.3 Å². The summed E-state index contributed by atoms with van der Waals surface area (Å²) in [5, 5.41) is 6.08. The molecule has 0 aliphatic rings. The van der Waals surface area contributed by atoms with Crippen LogP contribution in [0.2, 0.25) is 0 Å². The molecule has 1 heterocycles. The van der Waals surface area contributed by atoms with Crippen LogP contribution in [0.1, 0.15) is 10.4 Å². The summed E-state index contributed by atoms with van der Waals surface area (Å²) in [5.74, 6) is 0.384. The molecule has 1 aromatic carbocycles. The van der Waals surface area contributed by atoms with Crippen LogP contribution in [0.5, 0.6) is 5.88 Å². The summed E-state index contributed by atoms with van der Waals surface area (Å²) in [7, 11) is 1.57. The first kappa shape index (κ1) is 11.8. The zero-order chi connectivity index (χ0) is 13.0. The molecule has 92 valence electrons. The smallest absolute Gasteiger partial charge is 0.299 e. The Morgan fingerprint density at radius 1 is 1.39 bits per heavy atom. The Kier molecular flexibility index (Phi) is 3.38. The van der Waals surface area contributed by atoms with Crippen molar-refractivity contribution in [1.29, 1.82) is 0 Å². The number of amides is 1. The van der Waals surface area contributed by atoms with Crippen molar-refractivity contribution in [3.05, 3.63) is 35.9 Å². The van der Waals surface area contributed by atoms with Crippen molar-refractivity contribution in [2.45, 2.75) is 0 Å². The van der Waals surface area contributed by atoms with E-state index in [0.717, 1.165) is 5.56 Å². The lowest BCUT2D eigenvalue weighted by Gasteiger charge is -2.00. The summed E-state index contributed by atoms with van der Waals surface area (Å²) in [5.41, 5.74) is 1.28. The van der Waals surface area contributed by atoms with Gasteiger partial charge in [0.05, 0.1) is 6.07 Å². The molecule has 1 amide bonds. The zero-order valence-electron chi connectivity index (χ0n) is 9.54. The Morgan fingerprint density at radius 2 is 2.11 bits per heavy atom. The normalized spacial score (nSPS) is 9.83. The van der Waals surface area contributed by atoms with Crippen LogP contribution >= 0.6 is 0 Å². The van der Waals surface area contributed by atoms with E-state index < -0.39 is 0 Å². The van der Waals surface area contributed by atoms with Crippen molar-refractivity contribution in [1.82, 2.24) is 10.5 Å². The molecule has 0 saturated carbocycles. The number of aromatic nitrogens is 1. The SMILES string of the molecule is CNC(=O)c1ccc(-c2cc(OC=O)no2)cc1. The Balaban J connectivity index is 2.22. The summed E-state index contributed by atoms with van der Waals surface area (Å²) < 4.78 is 9.53.